The number of nitriles is 1. The number of ether oxygens (including phenoxy) is 2. The van der Waals surface area contributed by atoms with Gasteiger partial charge in [-0.25, -0.2) is 0 Å². The largest absolute Gasteiger partial charge is 0.492 e. The molecule has 10 heteroatoms. The average molecular weight is 516 g/mol. The van der Waals surface area contributed by atoms with Crippen molar-refractivity contribution in [1.82, 2.24) is 15.1 Å². The average Bonchev–Trinajstić information content (AvgIpc) is 3.20. The van der Waals surface area contributed by atoms with Crippen LogP contribution in [0.15, 0.2) is 36.9 Å². The summed E-state index contributed by atoms with van der Waals surface area (Å²) >= 11 is 1.55. The lowest BCUT2D eigenvalue weighted by Crippen LogP contribution is -2.38. The van der Waals surface area contributed by atoms with E-state index in [1.807, 2.05) is 31.2 Å². The number of nitrogens with one attached hydrogen (secondary N) is 2. The summed E-state index contributed by atoms with van der Waals surface area (Å²) in [5.74, 6) is -0.238. The highest BCUT2D eigenvalue weighted by molar-refractivity contribution is 8.01. The van der Waals surface area contributed by atoms with Crippen LogP contribution in [-0.2, 0) is 14.3 Å². The van der Waals surface area contributed by atoms with Gasteiger partial charge in [0.15, 0.2) is 0 Å². The third-order valence-corrected chi connectivity index (χ3v) is 7.78. The smallest absolute Gasteiger partial charge is 0.237 e. The maximum absolute atomic E-state index is 13.0. The summed E-state index contributed by atoms with van der Waals surface area (Å²) in [6.45, 7) is 12.0. The lowest BCUT2D eigenvalue weighted by Gasteiger charge is -2.26. The number of rotatable bonds is 14. The van der Waals surface area contributed by atoms with E-state index in [4.69, 9.17) is 9.47 Å². The first kappa shape index (κ1) is 27.8. The van der Waals surface area contributed by atoms with Crippen LogP contribution < -0.4 is 15.4 Å². The molecule has 2 fully saturated rings. The molecular formula is C26H37N5O4S. The monoisotopic (exact) mass is 515 g/mol. The van der Waals surface area contributed by atoms with Crippen molar-refractivity contribution >= 4 is 29.3 Å². The third kappa shape index (κ3) is 8.15. The minimum Gasteiger partial charge on any atom is -0.492 e. The van der Waals surface area contributed by atoms with Crippen molar-refractivity contribution in [2.75, 3.05) is 64.4 Å². The highest BCUT2D eigenvalue weighted by Gasteiger charge is 2.40. The molecule has 0 aromatic heterocycles. The van der Waals surface area contributed by atoms with E-state index in [1.165, 1.54) is 0 Å². The molecule has 2 saturated heterocycles. The predicted octanol–water partition coefficient (Wildman–Crippen LogP) is 2.32. The van der Waals surface area contributed by atoms with Gasteiger partial charge in [0, 0.05) is 57.4 Å². The van der Waals surface area contributed by atoms with E-state index in [0.717, 1.165) is 44.3 Å². The molecule has 0 aliphatic carbocycles. The number of hydrogen-bond acceptors (Lipinski definition) is 8. The Labute approximate surface area is 218 Å². The summed E-state index contributed by atoms with van der Waals surface area (Å²) in [5, 5.41) is 15.2. The van der Waals surface area contributed by atoms with Gasteiger partial charge in [0.25, 0.3) is 0 Å². The molecule has 0 radical (unpaired) electrons. The molecule has 0 bridgehead atoms. The Bertz CT molecular complexity index is 918. The zero-order chi connectivity index (χ0) is 25.8. The first-order valence-corrected chi connectivity index (χ1v) is 13.5. The number of thioether (sulfide) groups is 1. The SMILES string of the molecule is C=CCNC(=O)C(C#N)CC1SC(CCNc2cccc(OCCN3CCOCC3)c2)C(=O)N1CC. The summed E-state index contributed by atoms with van der Waals surface area (Å²) < 4.78 is 11.3. The van der Waals surface area contributed by atoms with Gasteiger partial charge in [-0.2, -0.15) is 5.26 Å². The molecule has 9 nitrogen and oxygen atoms in total. The van der Waals surface area contributed by atoms with Crippen molar-refractivity contribution in [3.05, 3.63) is 36.9 Å². The van der Waals surface area contributed by atoms with Crippen LogP contribution in [0.4, 0.5) is 5.69 Å². The Morgan fingerprint density at radius 2 is 2.22 bits per heavy atom. The molecule has 196 valence electrons. The van der Waals surface area contributed by atoms with Crippen LogP contribution in [0.25, 0.3) is 0 Å². The molecule has 2 aliphatic rings. The Hall–Kier alpha value is -2.74. The van der Waals surface area contributed by atoms with Crippen LogP contribution in [0, 0.1) is 17.2 Å². The van der Waals surface area contributed by atoms with Gasteiger partial charge in [0.1, 0.15) is 18.3 Å². The summed E-state index contributed by atoms with van der Waals surface area (Å²) in [6, 6.07) is 9.95. The first-order chi connectivity index (χ1) is 17.5. The zero-order valence-electron chi connectivity index (χ0n) is 21.0. The number of morpholine rings is 1. The summed E-state index contributed by atoms with van der Waals surface area (Å²) in [6.07, 6.45) is 2.55. The molecule has 2 amide bonds. The molecule has 2 N–H and O–H groups in total. The minimum atomic E-state index is -0.799. The first-order valence-electron chi connectivity index (χ1n) is 12.6. The van der Waals surface area contributed by atoms with Crippen molar-refractivity contribution in [2.45, 2.75) is 30.4 Å². The number of hydrogen-bond donors (Lipinski definition) is 2. The number of carbonyl (C=O) groups excluding carboxylic acids is 2. The lowest BCUT2D eigenvalue weighted by molar-refractivity contribution is -0.131. The minimum absolute atomic E-state index is 0.0673. The van der Waals surface area contributed by atoms with E-state index in [1.54, 1.807) is 22.7 Å². The molecule has 3 unspecified atom stereocenters. The lowest BCUT2D eigenvalue weighted by atomic mass is 10.1. The molecule has 3 atom stereocenters. The van der Waals surface area contributed by atoms with Crippen molar-refractivity contribution in [3.8, 4) is 11.8 Å². The van der Waals surface area contributed by atoms with E-state index in [9.17, 15) is 14.9 Å². The van der Waals surface area contributed by atoms with Crippen molar-refractivity contribution in [3.63, 3.8) is 0 Å². The van der Waals surface area contributed by atoms with E-state index >= 15 is 0 Å². The van der Waals surface area contributed by atoms with Crippen LogP contribution in [0.3, 0.4) is 0 Å². The Morgan fingerprint density at radius 3 is 2.94 bits per heavy atom. The van der Waals surface area contributed by atoms with Crippen LogP contribution in [0.5, 0.6) is 5.75 Å². The highest BCUT2D eigenvalue weighted by Crippen LogP contribution is 2.37. The molecular weight excluding hydrogens is 478 g/mol. The summed E-state index contributed by atoms with van der Waals surface area (Å²) in [5.41, 5.74) is 0.946. The Morgan fingerprint density at radius 1 is 1.42 bits per heavy atom. The number of anilines is 1. The summed E-state index contributed by atoms with van der Waals surface area (Å²) in [7, 11) is 0. The maximum atomic E-state index is 13.0. The van der Waals surface area contributed by atoms with E-state index in [0.29, 0.717) is 39.1 Å². The fraction of sp³-hybridized carbons (Fsp3) is 0.577. The van der Waals surface area contributed by atoms with Crippen molar-refractivity contribution in [1.29, 1.82) is 5.26 Å². The van der Waals surface area contributed by atoms with E-state index in [2.05, 4.69) is 28.2 Å². The van der Waals surface area contributed by atoms with Crippen LogP contribution in [0.1, 0.15) is 19.8 Å². The topological polar surface area (TPSA) is 107 Å². The molecule has 3 rings (SSSR count). The van der Waals surface area contributed by atoms with Gasteiger partial charge >= 0.3 is 0 Å². The number of nitrogens with zero attached hydrogens (tertiary/aromatic N) is 3. The zero-order valence-corrected chi connectivity index (χ0v) is 21.8. The van der Waals surface area contributed by atoms with Gasteiger partial charge < -0.3 is 25.0 Å². The second kappa shape index (κ2) is 14.7. The fourth-order valence-corrected chi connectivity index (χ4v) is 5.85. The van der Waals surface area contributed by atoms with Crippen LogP contribution in [-0.4, -0.2) is 91.3 Å². The predicted molar refractivity (Wildman–Crippen MR) is 142 cm³/mol. The second-order valence-electron chi connectivity index (χ2n) is 8.70. The molecule has 0 spiro atoms. The molecule has 2 aliphatic heterocycles. The molecule has 2 heterocycles. The van der Waals surface area contributed by atoms with Crippen molar-refractivity contribution in [2.24, 2.45) is 5.92 Å². The Kier molecular flexibility index (Phi) is 11.4. The normalized spacial score (nSPS) is 21.0. The van der Waals surface area contributed by atoms with Gasteiger partial charge in [0.05, 0.1) is 29.9 Å². The van der Waals surface area contributed by atoms with E-state index < -0.39 is 5.92 Å². The Balaban J connectivity index is 1.45. The molecule has 1 aromatic rings. The summed E-state index contributed by atoms with van der Waals surface area (Å²) in [4.78, 5) is 29.3. The van der Waals surface area contributed by atoms with Gasteiger partial charge in [-0.15, -0.1) is 18.3 Å². The standard InChI is InChI=1S/C26H37N5O4S/c1-3-9-29-25(32)20(19-27)17-24-31(4-2)26(33)23(36-24)8-10-28-21-6-5-7-22(18-21)35-16-13-30-11-14-34-15-12-30/h3,5-7,18,20,23-24,28H,1,4,8-17H2,2H3,(H,29,32). The number of benzene rings is 1. The van der Waals surface area contributed by atoms with Gasteiger partial charge in [0.2, 0.25) is 11.8 Å². The molecule has 1 aromatic carbocycles. The quantitative estimate of drug-likeness (QED) is 0.364. The van der Waals surface area contributed by atoms with Gasteiger partial charge in [-0.1, -0.05) is 12.1 Å². The maximum Gasteiger partial charge on any atom is 0.237 e. The van der Waals surface area contributed by atoms with Gasteiger partial charge in [-0.3, -0.25) is 14.5 Å². The molecule has 36 heavy (non-hydrogen) atoms. The third-order valence-electron chi connectivity index (χ3n) is 6.25. The van der Waals surface area contributed by atoms with Gasteiger partial charge in [-0.05, 0) is 25.5 Å². The van der Waals surface area contributed by atoms with Crippen LogP contribution >= 0.6 is 11.8 Å². The molecule has 0 saturated carbocycles. The van der Waals surface area contributed by atoms with Crippen LogP contribution in [0.2, 0.25) is 0 Å². The van der Waals surface area contributed by atoms with Crippen molar-refractivity contribution < 1.29 is 19.1 Å². The number of amides is 2. The van der Waals surface area contributed by atoms with E-state index in [-0.39, 0.29) is 22.4 Å². The fourth-order valence-electron chi connectivity index (χ4n) is 4.26. The number of carbonyl (C=O) groups is 2. The highest BCUT2D eigenvalue weighted by atomic mass is 32.2. The second-order valence-corrected chi connectivity index (χ2v) is 10.1.